The first kappa shape index (κ1) is 12.3. The maximum atomic E-state index is 11.4. The van der Waals surface area contributed by atoms with Crippen LogP contribution in [0.15, 0.2) is 12.4 Å². The summed E-state index contributed by atoms with van der Waals surface area (Å²) in [5, 5.41) is 2.72. The largest absolute Gasteiger partial charge is 0.354 e. The van der Waals surface area contributed by atoms with Gasteiger partial charge in [0.25, 0.3) is 0 Å². The van der Waals surface area contributed by atoms with Crippen molar-refractivity contribution in [3.8, 4) is 12.3 Å². The highest BCUT2D eigenvalue weighted by Crippen LogP contribution is 1.94. The summed E-state index contributed by atoms with van der Waals surface area (Å²) >= 11 is 0. The number of nitrogens with zero attached hydrogens (tertiary/aromatic N) is 2. The molecule has 0 aliphatic rings. The van der Waals surface area contributed by atoms with Gasteiger partial charge < -0.3 is 15.6 Å². The normalized spacial score (nSPS) is 11.8. The zero-order valence-corrected chi connectivity index (χ0v) is 9.31. The topological polar surface area (TPSA) is 72.9 Å². The molecule has 5 heteroatoms. The van der Waals surface area contributed by atoms with Gasteiger partial charge in [0, 0.05) is 38.8 Å². The number of nitrogens with two attached hydrogens (primary N) is 1. The maximum Gasteiger partial charge on any atom is 0.237 e. The van der Waals surface area contributed by atoms with Gasteiger partial charge in [0.05, 0.1) is 6.04 Å². The van der Waals surface area contributed by atoms with Gasteiger partial charge in [-0.3, -0.25) is 4.79 Å². The Morgan fingerprint density at radius 1 is 1.81 bits per heavy atom. The van der Waals surface area contributed by atoms with Gasteiger partial charge in [0.2, 0.25) is 5.91 Å². The number of aromatic nitrogens is 2. The molecule has 1 aromatic rings. The summed E-state index contributed by atoms with van der Waals surface area (Å²) in [5.41, 5.74) is 5.54. The van der Waals surface area contributed by atoms with Gasteiger partial charge in [-0.1, -0.05) is 0 Å². The summed E-state index contributed by atoms with van der Waals surface area (Å²) in [7, 11) is 1.91. The molecule has 0 saturated carbocycles. The lowest BCUT2D eigenvalue weighted by atomic mass is 10.2. The van der Waals surface area contributed by atoms with Crippen molar-refractivity contribution >= 4 is 5.91 Å². The summed E-state index contributed by atoms with van der Waals surface area (Å²) in [6.07, 6.45) is 9.59. The lowest BCUT2D eigenvalue weighted by Gasteiger charge is -2.09. The van der Waals surface area contributed by atoms with E-state index >= 15 is 0 Å². The molecule has 1 amide bonds. The highest BCUT2D eigenvalue weighted by Gasteiger charge is 2.11. The molecule has 1 heterocycles. The number of imidazole rings is 1. The summed E-state index contributed by atoms with van der Waals surface area (Å²) in [4.78, 5) is 15.5. The van der Waals surface area contributed by atoms with Crippen LogP contribution in [0.2, 0.25) is 0 Å². The number of aryl methyl sites for hydroxylation is 1. The Balaban J connectivity index is 2.29. The highest BCUT2D eigenvalue weighted by molar-refractivity contribution is 5.81. The fourth-order valence-electron chi connectivity index (χ4n) is 1.29. The second-order valence-corrected chi connectivity index (χ2v) is 3.51. The van der Waals surface area contributed by atoms with Crippen LogP contribution in [0.1, 0.15) is 12.2 Å². The van der Waals surface area contributed by atoms with E-state index in [1.807, 2.05) is 17.8 Å². The molecule has 0 fully saturated rings. The van der Waals surface area contributed by atoms with Crippen molar-refractivity contribution < 1.29 is 4.79 Å². The number of terminal acetylenes is 1. The Labute approximate surface area is 95.0 Å². The predicted molar refractivity (Wildman–Crippen MR) is 61.3 cm³/mol. The molecule has 1 rings (SSSR count). The van der Waals surface area contributed by atoms with Crippen LogP contribution in [0.25, 0.3) is 0 Å². The monoisotopic (exact) mass is 220 g/mol. The first-order valence-electron chi connectivity index (χ1n) is 5.08. The van der Waals surface area contributed by atoms with E-state index in [2.05, 4.69) is 16.2 Å². The third-order valence-electron chi connectivity index (χ3n) is 2.24. The minimum absolute atomic E-state index is 0.216. The van der Waals surface area contributed by atoms with Crippen LogP contribution < -0.4 is 11.1 Å². The van der Waals surface area contributed by atoms with Gasteiger partial charge in [-0.15, -0.1) is 12.3 Å². The summed E-state index contributed by atoms with van der Waals surface area (Å²) in [6, 6.07) is -0.619. The van der Waals surface area contributed by atoms with Crippen LogP contribution in [0.4, 0.5) is 0 Å². The zero-order chi connectivity index (χ0) is 12.0. The standard InChI is InChI=1S/C11H16N4O/c1-3-4-9(12)11(16)14-6-5-10-13-7-8-15(10)2/h1,7-9H,4-6,12H2,2H3,(H,14,16). The second-order valence-electron chi connectivity index (χ2n) is 3.51. The third kappa shape index (κ3) is 3.41. The van der Waals surface area contributed by atoms with E-state index in [4.69, 9.17) is 12.2 Å². The van der Waals surface area contributed by atoms with Crippen molar-refractivity contribution in [2.45, 2.75) is 18.9 Å². The fraction of sp³-hybridized carbons (Fsp3) is 0.455. The average Bonchev–Trinajstić information content (AvgIpc) is 2.65. The molecule has 0 spiro atoms. The van der Waals surface area contributed by atoms with Gasteiger partial charge in [0.15, 0.2) is 0 Å². The number of amides is 1. The molecule has 1 atom stereocenters. The molecule has 86 valence electrons. The predicted octanol–water partition coefficient (Wildman–Crippen LogP) is -0.571. The molecule has 1 unspecified atom stereocenters. The van der Waals surface area contributed by atoms with Gasteiger partial charge in [-0.25, -0.2) is 4.98 Å². The van der Waals surface area contributed by atoms with Crippen molar-refractivity contribution in [2.75, 3.05) is 6.54 Å². The molecule has 0 aliphatic heterocycles. The Kier molecular flexibility index (Phi) is 4.55. The van der Waals surface area contributed by atoms with E-state index in [-0.39, 0.29) is 12.3 Å². The molecular formula is C11H16N4O. The first-order valence-corrected chi connectivity index (χ1v) is 5.08. The quantitative estimate of drug-likeness (QED) is 0.653. The average molecular weight is 220 g/mol. The van der Waals surface area contributed by atoms with E-state index in [9.17, 15) is 4.79 Å². The molecule has 0 aliphatic carbocycles. The molecule has 0 saturated heterocycles. The molecule has 0 radical (unpaired) electrons. The van der Waals surface area contributed by atoms with Crippen LogP contribution in [-0.2, 0) is 18.3 Å². The van der Waals surface area contributed by atoms with Crippen LogP contribution in [0.5, 0.6) is 0 Å². The van der Waals surface area contributed by atoms with Crippen LogP contribution >= 0.6 is 0 Å². The van der Waals surface area contributed by atoms with Gasteiger partial charge in [0.1, 0.15) is 5.82 Å². The van der Waals surface area contributed by atoms with Crippen molar-refractivity contribution in [1.29, 1.82) is 0 Å². The lowest BCUT2D eigenvalue weighted by Crippen LogP contribution is -2.41. The molecular weight excluding hydrogens is 204 g/mol. The number of nitrogens with one attached hydrogen (secondary N) is 1. The van der Waals surface area contributed by atoms with Crippen molar-refractivity contribution in [3.63, 3.8) is 0 Å². The van der Waals surface area contributed by atoms with Crippen molar-refractivity contribution in [3.05, 3.63) is 18.2 Å². The number of hydrogen-bond acceptors (Lipinski definition) is 3. The molecule has 5 nitrogen and oxygen atoms in total. The second kappa shape index (κ2) is 5.93. The summed E-state index contributed by atoms with van der Waals surface area (Å²) in [5.74, 6) is 3.07. The summed E-state index contributed by atoms with van der Waals surface area (Å²) < 4.78 is 1.91. The minimum atomic E-state index is -0.619. The summed E-state index contributed by atoms with van der Waals surface area (Å²) in [6.45, 7) is 0.516. The third-order valence-corrected chi connectivity index (χ3v) is 2.24. The van der Waals surface area contributed by atoms with E-state index in [1.165, 1.54) is 0 Å². The number of hydrogen-bond donors (Lipinski definition) is 2. The Bertz CT molecular complexity index is 391. The number of carbonyl (C=O) groups excluding carboxylic acids is 1. The van der Waals surface area contributed by atoms with Crippen molar-refractivity contribution in [2.24, 2.45) is 12.8 Å². The van der Waals surface area contributed by atoms with Gasteiger partial charge in [-0.2, -0.15) is 0 Å². The molecule has 0 bridgehead atoms. The smallest absolute Gasteiger partial charge is 0.237 e. The van der Waals surface area contributed by atoms with Crippen molar-refractivity contribution in [1.82, 2.24) is 14.9 Å². The molecule has 3 N–H and O–H groups in total. The van der Waals surface area contributed by atoms with Gasteiger partial charge >= 0.3 is 0 Å². The highest BCUT2D eigenvalue weighted by atomic mass is 16.2. The Morgan fingerprint density at radius 2 is 2.56 bits per heavy atom. The lowest BCUT2D eigenvalue weighted by molar-refractivity contribution is -0.122. The number of carbonyl (C=O) groups is 1. The van der Waals surface area contributed by atoms with E-state index in [0.29, 0.717) is 13.0 Å². The van der Waals surface area contributed by atoms with Crippen LogP contribution in [0.3, 0.4) is 0 Å². The molecule has 16 heavy (non-hydrogen) atoms. The molecule has 0 aromatic carbocycles. The van der Waals surface area contributed by atoms with E-state index in [0.717, 1.165) is 5.82 Å². The SMILES string of the molecule is C#CCC(N)C(=O)NCCc1nccn1C. The van der Waals surface area contributed by atoms with Crippen LogP contribution in [0, 0.1) is 12.3 Å². The van der Waals surface area contributed by atoms with Gasteiger partial charge in [-0.05, 0) is 0 Å². The van der Waals surface area contributed by atoms with E-state index < -0.39 is 6.04 Å². The zero-order valence-electron chi connectivity index (χ0n) is 9.31. The minimum Gasteiger partial charge on any atom is -0.354 e. The van der Waals surface area contributed by atoms with Crippen LogP contribution in [-0.4, -0.2) is 28.0 Å². The van der Waals surface area contributed by atoms with E-state index in [1.54, 1.807) is 6.20 Å². The Morgan fingerprint density at radius 3 is 3.12 bits per heavy atom. The number of rotatable bonds is 5. The fourth-order valence-corrected chi connectivity index (χ4v) is 1.29. The Hall–Kier alpha value is -1.80. The first-order chi connectivity index (χ1) is 7.65. The molecule has 1 aromatic heterocycles. The maximum absolute atomic E-state index is 11.4.